The van der Waals surface area contributed by atoms with E-state index in [1.165, 1.54) is 24.3 Å². The van der Waals surface area contributed by atoms with Gasteiger partial charge in [0.1, 0.15) is 23.1 Å². The van der Waals surface area contributed by atoms with E-state index in [1.807, 2.05) is 0 Å². The van der Waals surface area contributed by atoms with Crippen molar-refractivity contribution in [1.29, 1.82) is 0 Å². The molecule has 0 heterocycles. The molecule has 0 saturated carbocycles. The third kappa shape index (κ3) is 5.59. The molecule has 0 spiro atoms. The van der Waals surface area contributed by atoms with Gasteiger partial charge in [-0.1, -0.05) is 22.8 Å². The summed E-state index contributed by atoms with van der Waals surface area (Å²) in [6.07, 6.45) is 0.833. The van der Waals surface area contributed by atoms with Crippen molar-refractivity contribution in [2.75, 3.05) is 15.8 Å². The summed E-state index contributed by atoms with van der Waals surface area (Å²) >= 11 is 4.85. The first kappa shape index (κ1) is 22.9. The lowest BCUT2D eigenvalue weighted by Crippen LogP contribution is -2.39. The fourth-order valence-corrected chi connectivity index (χ4v) is 5.37. The Hall–Kier alpha value is -1.35. The van der Waals surface area contributed by atoms with Gasteiger partial charge in [-0.2, -0.15) is 0 Å². The van der Waals surface area contributed by atoms with Gasteiger partial charge in [0.2, 0.25) is 0 Å². The molecule has 0 aliphatic carbocycles. The predicted octanol–water partition coefficient (Wildman–Crippen LogP) is 4.75. The minimum absolute atomic E-state index is 0.0791. The zero-order valence-corrected chi connectivity index (χ0v) is 18.0. The van der Waals surface area contributed by atoms with E-state index >= 15 is 0 Å². The molecule has 9 heteroatoms. The molecule has 0 aliphatic rings. The van der Waals surface area contributed by atoms with E-state index in [-0.39, 0.29) is 10.6 Å². The van der Waals surface area contributed by atoms with Gasteiger partial charge in [0.05, 0.1) is 10.6 Å². The highest BCUT2D eigenvalue weighted by Gasteiger charge is 2.31. The minimum Gasteiger partial charge on any atom is -0.616 e. The smallest absolute Gasteiger partial charge is 0.264 e. The summed E-state index contributed by atoms with van der Waals surface area (Å²) in [4.78, 5) is -0.0791. The minimum atomic E-state index is -4.17. The molecule has 0 fully saturated rings. The van der Waals surface area contributed by atoms with Crippen LogP contribution in [0.4, 0.5) is 14.5 Å². The summed E-state index contributed by atoms with van der Waals surface area (Å²) in [5.74, 6) is -0.656. The number of benzene rings is 2. The van der Waals surface area contributed by atoms with E-state index in [2.05, 4.69) is 0 Å². The van der Waals surface area contributed by atoms with Crippen LogP contribution in [0.5, 0.6) is 0 Å². The maximum atomic E-state index is 14.5. The van der Waals surface area contributed by atoms with Crippen LogP contribution in [0, 0.1) is 11.6 Å². The molecule has 0 aliphatic heterocycles. The van der Waals surface area contributed by atoms with Gasteiger partial charge in [0.15, 0.2) is 0 Å². The summed E-state index contributed by atoms with van der Waals surface area (Å²) in [6, 6.07) is 7.50. The third-order valence-corrected chi connectivity index (χ3v) is 7.81. The van der Waals surface area contributed by atoms with Crippen LogP contribution in [0.3, 0.4) is 0 Å². The predicted molar refractivity (Wildman–Crippen MR) is 110 cm³/mol. The van der Waals surface area contributed by atoms with Crippen molar-refractivity contribution in [2.45, 2.75) is 37.6 Å². The Labute approximate surface area is 172 Å². The Morgan fingerprint density at radius 3 is 2.43 bits per heavy atom. The monoisotopic (exact) mass is 449 g/mol. The second kappa shape index (κ2) is 9.91. The second-order valence-corrected chi connectivity index (χ2v) is 10.4. The average molecular weight is 450 g/mol. The summed E-state index contributed by atoms with van der Waals surface area (Å²) in [7, 11) is -4.17. The van der Waals surface area contributed by atoms with Crippen LogP contribution in [0.2, 0.25) is 5.02 Å². The number of rotatable bonds is 9. The van der Waals surface area contributed by atoms with Gasteiger partial charge in [-0.05, 0) is 63.1 Å². The Morgan fingerprint density at radius 1 is 1.18 bits per heavy atom. The molecule has 4 nitrogen and oxygen atoms in total. The molecule has 2 atom stereocenters. The van der Waals surface area contributed by atoms with E-state index in [0.29, 0.717) is 29.4 Å². The zero-order chi connectivity index (χ0) is 20.9. The van der Waals surface area contributed by atoms with Gasteiger partial charge in [-0.25, -0.2) is 17.2 Å². The lowest BCUT2D eigenvalue weighted by atomic mass is 10.2. The average Bonchev–Trinajstić information content (AvgIpc) is 2.64. The topological polar surface area (TPSA) is 60.4 Å². The number of sulfonamides is 1. The normalized spacial score (nSPS) is 13.9. The van der Waals surface area contributed by atoms with Crippen LogP contribution >= 0.6 is 11.6 Å². The molecule has 1 unspecified atom stereocenters. The summed E-state index contributed by atoms with van der Waals surface area (Å²) in [5.41, 5.74) is -0.362. The van der Waals surface area contributed by atoms with Crippen molar-refractivity contribution in [3.05, 3.63) is 59.1 Å². The van der Waals surface area contributed by atoms with Crippen molar-refractivity contribution in [2.24, 2.45) is 0 Å². The van der Waals surface area contributed by atoms with Crippen molar-refractivity contribution >= 4 is 38.5 Å². The second-order valence-electron chi connectivity index (χ2n) is 6.27. The Balaban J connectivity index is 2.43. The molecule has 154 valence electrons. The largest absolute Gasteiger partial charge is 0.616 e. The van der Waals surface area contributed by atoms with Crippen LogP contribution < -0.4 is 4.31 Å². The number of hydrogen-bond acceptors (Lipinski definition) is 3. The molecule has 2 aromatic carbocycles. The first-order chi connectivity index (χ1) is 13.2. The fourth-order valence-electron chi connectivity index (χ4n) is 2.78. The van der Waals surface area contributed by atoms with Crippen molar-refractivity contribution in [3.8, 4) is 0 Å². The molecule has 2 aromatic rings. The molecular weight excluding hydrogens is 428 g/mol. The maximum absolute atomic E-state index is 14.5. The van der Waals surface area contributed by atoms with E-state index in [0.717, 1.165) is 22.5 Å². The van der Waals surface area contributed by atoms with Crippen LogP contribution in [0.15, 0.2) is 47.4 Å². The van der Waals surface area contributed by atoms with E-state index in [9.17, 15) is 21.8 Å². The van der Waals surface area contributed by atoms with Crippen molar-refractivity contribution < 1.29 is 21.8 Å². The molecule has 0 amide bonds. The maximum Gasteiger partial charge on any atom is 0.264 e. The summed E-state index contributed by atoms with van der Waals surface area (Å²) < 4.78 is 67.2. The Kier molecular flexibility index (Phi) is 8.12. The van der Waals surface area contributed by atoms with Crippen molar-refractivity contribution in [3.63, 3.8) is 0 Å². The lowest BCUT2D eigenvalue weighted by Gasteiger charge is -2.31. The van der Waals surface area contributed by atoms with Crippen LogP contribution in [-0.2, 0) is 21.2 Å². The first-order valence-corrected chi connectivity index (χ1v) is 12.1. The molecule has 0 aromatic heterocycles. The molecule has 28 heavy (non-hydrogen) atoms. The van der Waals surface area contributed by atoms with E-state index in [4.69, 9.17) is 11.6 Å². The molecule has 0 radical (unpaired) electrons. The molecule has 0 N–H and O–H groups in total. The highest BCUT2D eigenvalue weighted by Crippen LogP contribution is 2.31. The number of nitrogens with zero attached hydrogens (tertiary/aromatic N) is 1. The van der Waals surface area contributed by atoms with Gasteiger partial charge in [0.25, 0.3) is 10.0 Å². The van der Waals surface area contributed by atoms with Gasteiger partial charge < -0.3 is 4.55 Å². The van der Waals surface area contributed by atoms with Crippen LogP contribution in [0.1, 0.15) is 26.7 Å². The summed E-state index contributed by atoms with van der Waals surface area (Å²) in [5, 5.41) is 0.359. The van der Waals surface area contributed by atoms with Gasteiger partial charge in [0, 0.05) is 17.1 Å². The number of halogens is 3. The third-order valence-electron chi connectivity index (χ3n) is 4.23. The Morgan fingerprint density at radius 2 is 1.82 bits per heavy atom. The lowest BCUT2D eigenvalue weighted by molar-refractivity contribution is 0.553. The highest BCUT2D eigenvalue weighted by molar-refractivity contribution is 7.93. The summed E-state index contributed by atoms with van der Waals surface area (Å²) in [6.45, 7) is 3.42. The molecule has 0 saturated heterocycles. The zero-order valence-electron chi connectivity index (χ0n) is 15.6. The van der Waals surface area contributed by atoms with Crippen LogP contribution in [-0.4, -0.2) is 30.5 Å². The molecule has 0 bridgehead atoms. The molecule has 2 rings (SSSR count). The Bertz CT molecular complexity index is 895. The fraction of sp³-hybridized carbons (Fsp3) is 0.368. The van der Waals surface area contributed by atoms with Gasteiger partial charge in [-0.15, -0.1) is 0 Å². The standard InChI is InChI=1S/C19H22ClF2NO3S2/c1-3-27(24)12-4-5-14(2)23(19-13-16(21)8-11-18(19)22)28(25,26)17-9-6-15(20)7-10-17/h6-11,13-14H,3-5,12H2,1-2H3/t14-,27?/m1/s1. The van der Waals surface area contributed by atoms with Crippen molar-refractivity contribution in [1.82, 2.24) is 0 Å². The number of hydrogen-bond donors (Lipinski definition) is 0. The van der Waals surface area contributed by atoms with Gasteiger partial charge in [-0.3, -0.25) is 4.31 Å². The van der Waals surface area contributed by atoms with Gasteiger partial charge >= 0.3 is 0 Å². The quantitative estimate of drug-likeness (QED) is 0.519. The molecular formula is C19H22ClF2NO3S2. The highest BCUT2D eigenvalue weighted by atomic mass is 35.5. The SMILES string of the molecule is CC[S+]([O-])CCC[C@@H](C)N(c1cc(F)ccc1F)S(=O)(=O)c1ccc(Cl)cc1. The first-order valence-electron chi connectivity index (χ1n) is 8.76. The van der Waals surface area contributed by atoms with Crippen LogP contribution in [0.25, 0.3) is 0 Å². The van der Waals surface area contributed by atoms with E-state index < -0.39 is 38.9 Å². The number of anilines is 1. The van der Waals surface area contributed by atoms with E-state index in [1.54, 1.807) is 13.8 Å².